The Balaban J connectivity index is 5.89. The first kappa shape index (κ1) is 18.3. The van der Waals surface area contributed by atoms with Gasteiger partial charge in [-0.3, -0.25) is 4.52 Å². The fraction of sp³-hybridized carbons (Fsp3) is 0.667. The number of hydrogen-bond donors (Lipinski definition) is 1. The SMILES string of the molecule is C=COP(O)OC(C(F)(F)F)(C(F)(F)F)C(F)(F)F. The van der Waals surface area contributed by atoms with Crippen LogP contribution in [0.3, 0.4) is 0 Å². The van der Waals surface area contributed by atoms with Gasteiger partial charge in [0.1, 0.15) is 0 Å². The molecule has 0 aromatic carbocycles. The average molecular weight is 326 g/mol. The summed E-state index contributed by atoms with van der Waals surface area (Å²) in [4.78, 5) is 8.52. The summed E-state index contributed by atoms with van der Waals surface area (Å²) in [7, 11) is -4.14. The van der Waals surface area contributed by atoms with Gasteiger partial charge in [-0.25, -0.2) is 0 Å². The van der Waals surface area contributed by atoms with Gasteiger partial charge in [-0.1, -0.05) is 6.58 Å². The van der Waals surface area contributed by atoms with Gasteiger partial charge in [-0.2, -0.15) is 39.5 Å². The maximum Gasteiger partial charge on any atom is 0.436 e. The molecule has 0 aliphatic carbocycles. The van der Waals surface area contributed by atoms with Crippen LogP contribution in [0.1, 0.15) is 0 Å². The minimum atomic E-state index is -6.92. The lowest BCUT2D eigenvalue weighted by Crippen LogP contribution is -2.67. The second-order valence-corrected chi connectivity index (χ2v) is 3.64. The number of rotatable bonds is 4. The van der Waals surface area contributed by atoms with Gasteiger partial charge in [0.05, 0.1) is 6.26 Å². The van der Waals surface area contributed by atoms with Crippen LogP contribution in [0.15, 0.2) is 12.8 Å². The summed E-state index contributed by atoms with van der Waals surface area (Å²) in [5.41, 5.74) is -6.56. The topological polar surface area (TPSA) is 38.7 Å². The molecule has 0 bridgehead atoms. The van der Waals surface area contributed by atoms with Crippen molar-refractivity contribution < 1.29 is 53.5 Å². The lowest BCUT2D eigenvalue weighted by molar-refractivity contribution is -0.438. The van der Waals surface area contributed by atoms with Crippen molar-refractivity contribution in [1.29, 1.82) is 0 Å². The van der Waals surface area contributed by atoms with E-state index in [0.717, 1.165) is 0 Å². The molecule has 0 saturated carbocycles. The number of hydrogen-bond acceptors (Lipinski definition) is 3. The Kier molecular flexibility index (Phi) is 5.12. The van der Waals surface area contributed by atoms with Gasteiger partial charge in [-0.15, -0.1) is 0 Å². The highest BCUT2D eigenvalue weighted by molar-refractivity contribution is 7.40. The highest BCUT2D eigenvalue weighted by Gasteiger charge is 2.86. The molecule has 114 valence electrons. The van der Waals surface area contributed by atoms with Crippen LogP contribution >= 0.6 is 8.60 Å². The van der Waals surface area contributed by atoms with E-state index in [0.29, 0.717) is 0 Å². The Labute approximate surface area is 100 Å². The Morgan fingerprint density at radius 2 is 1.16 bits per heavy atom. The van der Waals surface area contributed by atoms with Crippen molar-refractivity contribution in [3.63, 3.8) is 0 Å². The fourth-order valence-electron chi connectivity index (χ4n) is 0.840. The second kappa shape index (κ2) is 5.33. The zero-order valence-corrected chi connectivity index (χ0v) is 9.29. The molecule has 1 N–H and O–H groups in total. The Morgan fingerprint density at radius 1 is 0.842 bits per heavy atom. The normalized spacial score (nSPS) is 16.1. The summed E-state index contributed by atoms with van der Waals surface area (Å²) in [5.74, 6) is 0. The molecule has 0 aliphatic heterocycles. The Hall–Kier alpha value is -0.740. The van der Waals surface area contributed by atoms with Gasteiger partial charge >= 0.3 is 32.7 Å². The van der Waals surface area contributed by atoms with Crippen LogP contribution in [0, 0.1) is 0 Å². The molecule has 0 aliphatic rings. The standard InChI is InChI=1S/C6H4F9O3P/c1-2-17-19(16)18-3(4(7,8)9,5(10,11)12)6(13,14)15/h2,16H,1H2. The van der Waals surface area contributed by atoms with Crippen molar-refractivity contribution in [1.82, 2.24) is 0 Å². The molecule has 3 nitrogen and oxygen atoms in total. The molecule has 0 fully saturated rings. The van der Waals surface area contributed by atoms with Crippen molar-refractivity contribution in [2.24, 2.45) is 0 Å². The monoisotopic (exact) mass is 326 g/mol. The van der Waals surface area contributed by atoms with Crippen LogP contribution < -0.4 is 0 Å². The van der Waals surface area contributed by atoms with Crippen LogP contribution in [0.2, 0.25) is 0 Å². The first-order valence-corrected chi connectivity index (χ1v) is 4.99. The lowest BCUT2D eigenvalue weighted by Gasteiger charge is -2.37. The second-order valence-electron chi connectivity index (χ2n) is 2.78. The molecular weight excluding hydrogens is 322 g/mol. The summed E-state index contributed by atoms with van der Waals surface area (Å²) < 4.78 is 116. The molecule has 13 heteroatoms. The third-order valence-corrected chi connectivity index (χ3v) is 2.34. The molecule has 0 heterocycles. The van der Waals surface area contributed by atoms with Crippen molar-refractivity contribution >= 4 is 8.60 Å². The van der Waals surface area contributed by atoms with E-state index in [1.54, 1.807) is 0 Å². The van der Waals surface area contributed by atoms with E-state index in [9.17, 15) is 39.5 Å². The number of halogens is 9. The quantitative estimate of drug-likeness (QED) is 0.485. The first-order valence-electron chi connectivity index (χ1n) is 3.86. The Morgan fingerprint density at radius 3 is 1.37 bits per heavy atom. The molecule has 1 unspecified atom stereocenters. The van der Waals surface area contributed by atoms with Crippen molar-refractivity contribution in [3.05, 3.63) is 12.8 Å². The number of alkyl halides is 9. The molecular formula is C6H4F9O3P. The largest absolute Gasteiger partial charge is 0.436 e. The van der Waals surface area contributed by atoms with E-state index in [4.69, 9.17) is 4.89 Å². The zero-order valence-electron chi connectivity index (χ0n) is 8.40. The predicted octanol–water partition coefficient (Wildman–Crippen LogP) is 3.81. The first-order chi connectivity index (χ1) is 8.20. The molecule has 0 amide bonds. The van der Waals surface area contributed by atoms with Gasteiger partial charge in [0.15, 0.2) is 0 Å². The molecule has 0 aromatic rings. The molecule has 0 radical (unpaired) electrons. The van der Waals surface area contributed by atoms with Crippen LogP contribution in [-0.2, 0) is 9.05 Å². The van der Waals surface area contributed by atoms with Crippen molar-refractivity contribution in [2.45, 2.75) is 24.1 Å². The third-order valence-electron chi connectivity index (χ3n) is 1.58. The molecule has 0 rings (SSSR count). The highest BCUT2D eigenvalue weighted by atomic mass is 31.2. The van der Waals surface area contributed by atoms with Crippen LogP contribution in [0.4, 0.5) is 39.5 Å². The van der Waals surface area contributed by atoms with E-state index in [1.165, 1.54) is 0 Å². The van der Waals surface area contributed by atoms with Crippen molar-refractivity contribution in [2.75, 3.05) is 0 Å². The van der Waals surface area contributed by atoms with Crippen molar-refractivity contribution in [3.8, 4) is 0 Å². The molecule has 19 heavy (non-hydrogen) atoms. The average Bonchev–Trinajstić information content (AvgIpc) is 2.08. The zero-order chi connectivity index (χ0) is 15.7. The summed E-state index contributed by atoms with van der Waals surface area (Å²) in [6.45, 7) is 2.63. The minimum absolute atomic E-state index is 0.125. The molecule has 1 atom stereocenters. The van der Waals surface area contributed by atoms with E-state index >= 15 is 0 Å². The molecule has 0 spiro atoms. The smallest absolute Gasteiger partial charge is 0.435 e. The maximum atomic E-state index is 12.2. The van der Waals surface area contributed by atoms with E-state index in [-0.39, 0.29) is 6.26 Å². The predicted molar refractivity (Wildman–Crippen MR) is 42.4 cm³/mol. The van der Waals surface area contributed by atoms with E-state index < -0.39 is 32.7 Å². The van der Waals surface area contributed by atoms with Gasteiger partial charge < -0.3 is 9.42 Å². The minimum Gasteiger partial charge on any atom is -0.435 e. The summed E-state index contributed by atoms with van der Waals surface area (Å²) in [6.07, 6.45) is -20.6. The molecule has 0 aromatic heterocycles. The van der Waals surface area contributed by atoms with E-state index in [2.05, 4.69) is 15.6 Å². The van der Waals surface area contributed by atoms with Gasteiger partial charge in [0.2, 0.25) is 0 Å². The summed E-state index contributed by atoms with van der Waals surface area (Å²) in [6, 6.07) is 0. The Bertz CT molecular complexity index is 283. The fourth-order valence-corrected chi connectivity index (χ4v) is 1.56. The van der Waals surface area contributed by atoms with Crippen LogP contribution in [-0.4, -0.2) is 29.0 Å². The highest BCUT2D eigenvalue weighted by Crippen LogP contribution is 2.59. The van der Waals surface area contributed by atoms with E-state index in [1.807, 2.05) is 0 Å². The van der Waals surface area contributed by atoms with Crippen LogP contribution in [0.25, 0.3) is 0 Å². The summed E-state index contributed by atoms with van der Waals surface area (Å²) in [5, 5.41) is 0. The third kappa shape index (κ3) is 3.42. The summed E-state index contributed by atoms with van der Waals surface area (Å²) >= 11 is 0. The lowest BCUT2D eigenvalue weighted by atomic mass is 10.0. The van der Waals surface area contributed by atoms with Gasteiger partial charge in [-0.05, 0) is 0 Å². The van der Waals surface area contributed by atoms with Gasteiger partial charge in [0.25, 0.3) is 0 Å². The van der Waals surface area contributed by atoms with Gasteiger partial charge in [0, 0.05) is 0 Å². The van der Waals surface area contributed by atoms with Crippen LogP contribution in [0.5, 0.6) is 0 Å². The molecule has 0 saturated heterocycles. The maximum absolute atomic E-state index is 12.2.